The van der Waals surface area contributed by atoms with E-state index in [1.807, 2.05) is 36.1 Å². The highest BCUT2D eigenvalue weighted by molar-refractivity contribution is 5.94. The van der Waals surface area contributed by atoms with E-state index in [2.05, 4.69) is 38.0 Å². The van der Waals surface area contributed by atoms with Gasteiger partial charge in [0.05, 0.1) is 23.5 Å². The Morgan fingerprint density at radius 2 is 1.97 bits per heavy atom. The maximum absolute atomic E-state index is 13.3. The number of piperazine rings is 1. The molecule has 3 aromatic rings. The highest BCUT2D eigenvalue weighted by Crippen LogP contribution is 2.31. The monoisotopic (exact) mass is 513 g/mol. The van der Waals surface area contributed by atoms with Gasteiger partial charge in [0, 0.05) is 50.0 Å². The number of nitrogens with one attached hydrogen (secondary N) is 1. The first-order valence-corrected chi connectivity index (χ1v) is 12.9. The molecule has 4 heterocycles. The third kappa shape index (κ3) is 5.18. The van der Waals surface area contributed by atoms with Gasteiger partial charge in [-0.2, -0.15) is 10.4 Å². The van der Waals surface area contributed by atoms with Crippen molar-refractivity contribution in [3.63, 3.8) is 0 Å². The first-order valence-electron chi connectivity index (χ1n) is 12.9. The van der Waals surface area contributed by atoms with E-state index in [0.717, 1.165) is 24.5 Å². The molecule has 196 valence electrons. The third-order valence-electron chi connectivity index (χ3n) is 7.54. The molecule has 2 saturated heterocycles. The number of rotatable bonds is 6. The third-order valence-corrected chi connectivity index (χ3v) is 7.54. The highest BCUT2D eigenvalue weighted by Gasteiger charge is 2.33. The van der Waals surface area contributed by atoms with Gasteiger partial charge in [-0.3, -0.25) is 9.59 Å². The minimum absolute atomic E-state index is 0.0241. The predicted molar refractivity (Wildman–Crippen MR) is 144 cm³/mol. The summed E-state index contributed by atoms with van der Waals surface area (Å²) in [5.41, 5.74) is 2.44. The van der Waals surface area contributed by atoms with Crippen LogP contribution in [0.15, 0.2) is 53.6 Å². The quantitative estimate of drug-likeness (QED) is 0.534. The fraction of sp³-hybridized carbons (Fsp3) is 0.393. The second-order valence-electron chi connectivity index (χ2n) is 9.87. The Labute approximate surface area is 221 Å². The van der Waals surface area contributed by atoms with Crippen molar-refractivity contribution in [3.05, 3.63) is 75.8 Å². The van der Waals surface area contributed by atoms with E-state index < -0.39 is 0 Å². The summed E-state index contributed by atoms with van der Waals surface area (Å²) in [5, 5.41) is 15.4. The summed E-state index contributed by atoms with van der Waals surface area (Å²) in [6, 6.07) is 13.1. The van der Waals surface area contributed by atoms with Gasteiger partial charge in [0.1, 0.15) is 24.2 Å². The van der Waals surface area contributed by atoms with Crippen LogP contribution in [0, 0.1) is 24.2 Å². The number of ether oxygens (including phenoxy) is 1. The number of benzene rings is 1. The Morgan fingerprint density at radius 3 is 2.71 bits per heavy atom. The van der Waals surface area contributed by atoms with Crippen molar-refractivity contribution in [2.75, 3.05) is 49.1 Å². The first kappa shape index (κ1) is 25.3. The van der Waals surface area contributed by atoms with Gasteiger partial charge >= 0.3 is 0 Å². The van der Waals surface area contributed by atoms with Crippen LogP contribution in [0.5, 0.6) is 5.75 Å². The molecule has 2 fully saturated rings. The SMILES string of the molecule is Cc1c(N2CC[C@@H](C)[C@H]2COc2cccc(C(=O)N3CCN(c4ccc(C#N)cn4)CC3)c2)cn[nH]c1=O. The molecule has 2 aliphatic rings. The molecule has 2 aromatic heterocycles. The summed E-state index contributed by atoms with van der Waals surface area (Å²) < 4.78 is 6.20. The smallest absolute Gasteiger partial charge is 0.269 e. The van der Waals surface area contributed by atoms with Crippen molar-refractivity contribution in [2.45, 2.75) is 26.3 Å². The largest absolute Gasteiger partial charge is 0.491 e. The second kappa shape index (κ2) is 10.9. The van der Waals surface area contributed by atoms with Crippen LogP contribution in [0.3, 0.4) is 0 Å². The first-order chi connectivity index (χ1) is 18.4. The van der Waals surface area contributed by atoms with Gasteiger partial charge in [-0.25, -0.2) is 10.1 Å². The summed E-state index contributed by atoms with van der Waals surface area (Å²) in [7, 11) is 0. The Bertz CT molecular complexity index is 1390. The lowest BCUT2D eigenvalue weighted by atomic mass is 10.0. The van der Waals surface area contributed by atoms with Gasteiger partial charge in [0.25, 0.3) is 11.5 Å². The van der Waals surface area contributed by atoms with Crippen LogP contribution in [0.1, 0.15) is 34.8 Å². The van der Waals surface area contributed by atoms with Crippen LogP contribution in [-0.4, -0.2) is 71.4 Å². The molecular formula is C28H31N7O3. The highest BCUT2D eigenvalue weighted by atomic mass is 16.5. The predicted octanol–water partition coefficient (Wildman–Crippen LogP) is 2.60. The number of H-pyrrole nitrogens is 1. The fourth-order valence-electron chi connectivity index (χ4n) is 5.16. The van der Waals surface area contributed by atoms with Crippen molar-refractivity contribution in [3.8, 4) is 11.8 Å². The molecule has 1 N–H and O–H groups in total. The van der Waals surface area contributed by atoms with E-state index in [0.29, 0.717) is 61.1 Å². The standard InChI is InChI=1S/C28H31N7O3/c1-19-8-9-35(24-17-31-32-27(36)20(24)2)25(19)18-38-23-5-3-4-22(14-23)28(37)34-12-10-33(11-13-34)26-7-6-21(15-29)16-30-26/h3-7,14,16-17,19,25H,8-13,18H2,1-2H3,(H,32,36)/t19-,25-/m1/s1. The summed E-state index contributed by atoms with van der Waals surface area (Å²) in [4.78, 5) is 35.9. The Hall–Kier alpha value is -4.39. The van der Waals surface area contributed by atoms with E-state index in [4.69, 9.17) is 10.00 Å². The lowest BCUT2D eigenvalue weighted by Gasteiger charge is -2.35. The summed E-state index contributed by atoms with van der Waals surface area (Å²) in [5.74, 6) is 1.83. The minimum atomic E-state index is -0.179. The van der Waals surface area contributed by atoms with Crippen LogP contribution in [-0.2, 0) is 0 Å². The molecular weight excluding hydrogens is 482 g/mol. The van der Waals surface area contributed by atoms with Gasteiger partial charge in [0.2, 0.25) is 0 Å². The van der Waals surface area contributed by atoms with E-state index in [-0.39, 0.29) is 17.5 Å². The minimum Gasteiger partial charge on any atom is -0.491 e. The van der Waals surface area contributed by atoms with E-state index >= 15 is 0 Å². The molecule has 1 aromatic carbocycles. The molecule has 0 saturated carbocycles. The number of hydrogen-bond donors (Lipinski definition) is 1. The second-order valence-corrected chi connectivity index (χ2v) is 9.87. The number of nitriles is 1. The Kier molecular flexibility index (Phi) is 7.26. The number of amides is 1. The van der Waals surface area contributed by atoms with Crippen molar-refractivity contribution in [2.24, 2.45) is 5.92 Å². The van der Waals surface area contributed by atoms with Crippen molar-refractivity contribution in [1.29, 1.82) is 5.26 Å². The molecule has 0 bridgehead atoms. The molecule has 5 rings (SSSR count). The molecule has 1 amide bonds. The average Bonchev–Trinajstić information content (AvgIpc) is 3.33. The van der Waals surface area contributed by atoms with Crippen molar-refractivity contribution in [1.82, 2.24) is 20.1 Å². The fourth-order valence-corrected chi connectivity index (χ4v) is 5.16. The maximum Gasteiger partial charge on any atom is 0.269 e. The zero-order valence-electron chi connectivity index (χ0n) is 21.6. The number of aromatic amines is 1. The number of nitrogens with zero attached hydrogens (tertiary/aromatic N) is 6. The van der Waals surface area contributed by atoms with Crippen LogP contribution in [0.2, 0.25) is 0 Å². The average molecular weight is 514 g/mol. The summed E-state index contributed by atoms with van der Waals surface area (Å²) >= 11 is 0. The molecule has 2 aliphatic heterocycles. The lowest BCUT2D eigenvalue weighted by Crippen LogP contribution is -2.49. The molecule has 10 nitrogen and oxygen atoms in total. The Morgan fingerprint density at radius 1 is 1.16 bits per heavy atom. The molecule has 0 aliphatic carbocycles. The van der Waals surface area contributed by atoms with Crippen LogP contribution in [0.25, 0.3) is 0 Å². The number of aromatic nitrogens is 3. The zero-order valence-corrected chi connectivity index (χ0v) is 21.6. The molecule has 0 radical (unpaired) electrons. The number of pyridine rings is 1. The number of carbonyl (C=O) groups excluding carboxylic acids is 1. The molecule has 0 unspecified atom stereocenters. The lowest BCUT2D eigenvalue weighted by molar-refractivity contribution is 0.0746. The summed E-state index contributed by atoms with van der Waals surface area (Å²) in [6.07, 6.45) is 4.28. The number of hydrogen-bond acceptors (Lipinski definition) is 8. The zero-order chi connectivity index (χ0) is 26.6. The molecule has 38 heavy (non-hydrogen) atoms. The van der Waals surface area contributed by atoms with E-state index in [1.165, 1.54) is 0 Å². The number of carbonyl (C=O) groups is 1. The van der Waals surface area contributed by atoms with Gasteiger partial charge < -0.3 is 19.4 Å². The topological polar surface area (TPSA) is 118 Å². The van der Waals surface area contributed by atoms with Crippen LogP contribution >= 0.6 is 0 Å². The van der Waals surface area contributed by atoms with Gasteiger partial charge in [-0.15, -0.1) is 0 Å². The van der Waals surface area contributed by atoms with Crippen molar-refractivity contribution >= 4 is 17.4 Å². The molecule has 10 heteroatoms. The number of anilines is 2. The molecule has 2 atom stereocenters. The van der Waals surface area contributed by atoms with Gasteiger partial charge in [-0.1, -0.05) is 13.0 Å². The summed E-state index contributed by atoms with van der Waals surface area (Å²) in [6.45, 7) is 7.81. The van der Waals surface area contributed by atoms with Crippen LogP contribution in [0.4, 0.5) is 11.5 Å². The van der Waals surface area contributed by atoms with Crippen LogP contribution < -0.4 is 20.1 Å². The van der Waals surface area contributed by atoms with Gasteiger partial charge in [0.15, 0.2) is 0 Å². The normalized spacial score (nSPS) is 19.3. The Balaban J connectivity index is 1.20. The molecule has 0 spiro atoms. The van der Waals surface area contributed by atoms with E-state index in [9.17, 15) is 9.59 Å². The van der Waals surface area contributed by atoms with Crippen molar-refractivity contribution < 1.29 is 9.53 Å². The van der Waals surface area contributed by atoms with Gasteiger partial charge in [-0.05, 0) is 49.6 Å². The van der Waals surface area contributed by atoms with E-state index in [1.54, 1.807) is 24.5 Å². The maximum atomic E-state index is 13.3.